The summed E-state index contributed by atoms with van der Waals surface area (Å²) in [5.41, 5.74) is 2.46. The van der Waals surface area contributed by atoms with E-state index in [0.717, 1.165) is 30.5 Å². The van der Waals surface area contributed by atoms with Crippen molar-refractivity contribution in [3.8, 4) is 5.69 Å². The zero-order valence-corrected chi connectivity index (χ0v) is 18.4. The van der Waals surface area contributed by atoms with Gasteiger partial charge in [0.05, 0.1) is 18.4 Å². The molecule has 1 N–H and O–H groups in total. The first-order valence-corrected chi connectivity index (χ1v) is 11.5. The highest BCUT2D eigenvalue weighted by atomic mass is 32.2. The number of benzene rings is 1. The van der Waals surface area contributed by atoms with Gasteiger partial charge in [-0.15, -0.1) is 21.5 Å². The van der Waals surface area contributed by atoms with Crippen LogP contribution in [0.15, 0.2) is 41.8 Å². The highest BCUT2D eigenvalue weighted by Gasteiger charge is 2.29. The second-order valence-electron chi connectivity index (χ2n) is 7.20. The molecule has 1 aliphatic carbocycles. The Morgan fingerprint density at radius 2 is 2.13 bits per heavy atom. The minimum atomic E-state index is -0.395. The van der Waals surface area contributed by atoms with Gasteiger partial charge in [-0.2, -0.15) is 0 Å². The average Bonchev–Trinajstić information content (AvgIpc) is 3.36. The van der Waals surface area contributed by atoms with Gasteiger partial charge in [0.1, 0.15) is 11.3 Å². The Hall–Kier alpha value is -2.65. The normalized spacial score (nSPS) is 15.5. The minimum Gasteiger partial charge on any atom is -0.465 e. The van der Waals surface area contributed by atoms with E-state index >= 15 is 0 Å². The number of hydrogen-bond acceptors (Lipinski definition) is 7. The highest BCUT2D eigenvalue weighted by Crippen LogP contribution is 2.40. The van der Waals surface area contributed by atoms with Gasteiger partial charge in [0.15, 0.2) is 5.16 Å². The zero-order chi connectivity index (χ0) is 21.1. The summed E-state index contributed by atoms with van der Waals surface area (Å²) in [4.78, 5) is 26.2. The number of amides is 1. The second kappa shape index (κ2) is 9.01. The molecule has 0 aliphatic heterocycles. The molecule has 2 aromatic heterocycles. The van der Waals surface area contributed by atoms with Crippen molar-refractivity contribution >= 4 is 40.0 Å². The topological polar surface area (TPSA) is 86.1 Å². The molecule has 0 saturated carbocycles. The van der Waals surface area contributed by atoms with E-state index < -0.39 is 5.97 Å². The summed E-state index contributed by atoms with van der Waals surface area (Å²) >= 11 is 2.78. The van der Waals surface area contributed by atoms with E-state index in [4.69, 9.17) is 4.74 Å². The molecule has 0 spiro atoms. The molecule has 4 rings (SSSR count). The van der Waals surface area contributed by atoms with Gasteiger partial charge in [-0.1, -0.05) is 36.9 Å². The fourth-order valence-electron chi connectivity index (χ4n) is 3.54. The van der Waals surface area contributed by atoms with Gasteiger partial charge < -0.3 is 10.1 Å². The summed E-state index contributed by atoms with van der Waals surface area (Å²) in [6, 6.07) is 9.71. The van der Waals surface area contributed by atoms with Crippen molar-refractivity contribution in [1.29, 1.82) is 0 Å². The SMILES string of the molecule is COC(=O)c1c(NC(=O)CSc2nncn2-c2ccccc2)sc2c1CCC(C)C2. The largest absolute Gasteiger partial charge is 0.465 e. The molecule has 1 aliphatic rings. The van der Waals surface area contributed by atoms with Crippen LogP contribution in [0.2, 0.25) is 0 Å². The number of para-hydroxylation sites is 1. The Kier molecular flexibility index (Phi) is 6.19. The molecule has 0 radical (unpaired) electrons. The lowest BCUT2D eigenvalue weighted by molar-refractivity contribution is -0.113. The maximum atomic E-state index is 12.7. The lowest BCUT2D eigenvalue weighted by Crippen LogP contribution is -2.17. The van der Waals surface area contributed by atoms with E-state index in [1.165, 1.54) is 35.1 Å². The van der Waals surface area contributed by atoms with Crippen molar-refractivity contribution in [3.05, 3.63) is 52.7 Å². The molecule has 1 amide bonds. The number of fused-ring (bicyclic) bond motifs is 1. The Morgan fingerprint density at radius 1 is 1.33 bits per heavy atom. The number of thioether (sulfide) groups is 1. The van der Waals surface area contributed by atoms with Crippen molar-refractivity contribution < 1.29 is 14.3 Å². The van der Waals surface area contributed by atoms with Crippen LogP contribution in [0.25, 0.3) is 5.69 Å². The molecule has 3 aromatic rings. The Bertz CT molecular complexity index is 1060. The number of nitrogens with one attached hydrogen (secondary N) is 1. The van der Waals surface area contributed by atoms with Gasteiger partial charge in [-0.3, -0.25) is 9.36 Å². The summed E-state index contributed by atoms with van der Waals surface area (Å²) in [6.45, 7) is 2.21. The Balaban J connectivity index is 1.48. The van der Waals surface area contributed by atoms with Crippen LogP contribution in [0, 0.1) is 5.92 Å². The van der Waals surface area contributed by atoms with E-state index in [9.17, 15) is 9.59 Å². The standard InChI is InChI=1S/C21H22N4O3S2/c1-13-8-9-15-16(10-13)30-19(18(15)20(27)28-2)23-17(26)11-29-21-24-22-12-25(21)14-6-4-3-5-7-14/h3-7,12-13H,8-11H2,1-2H3,(H,23,26). The van der Waals surface area contributed by atoms with Crippen molar-refractivity contribution in [3.63, 3.8) is 0 Å². The van der Waals surface area contributed by atoms with E-state index in [-0.39, 0.29) is 11.7 Å². The summed E-state index contributed by atoms with van der Waals surface area (Å²) in [5.74, 6) is 0.142. The predicted molar refractivity (Wildman–Crippen MR) is 118 cm³/mol. The monoisotopic (exact) mass is 442 g/mol. The Morgan fingerprint density at radius 3 is 2.90 bits per heavy atom. The first kappa shape index (κ1) is 20.6. The van der Waals surface area contributed by atoms with Gasteiger partial charge in [0, 0.05) is 10.6 Å². The molecule has 7 nitrogen and oxygen atoms in total. The highest BCUT2D eigenvalue weighted by molar-refractivity contribution is 7.99. The lowest BCUT2D eigenvalue weighted by atomic mass is 9.88. The lowest BCUT2D eigenvalue weighted by Gasteiger charge is -2.18. The third-order valence-corrected chi connectivity index (χ3v) is 7.15. The number of rotatable bonds is 6. The van der Waals surface area contributed by atoms with Crippen molar-refractivity contribution in [1.82, 2.24) is 14.8 Å². The molecule has 30 heavy (non-hydrogen) atoms. The first-order valence-electron chi connectivity index (χ1n) is 9.67. The van der Waals surface area contributed by atoms with Crippen molar-refractivity contribution in [2.24, 2.45) is 5.92 Å². The summed E-state index contributed by atoms with van der Waals surface area (Å²) in [5, 5.41) is 12.2. The van der Waals surface area contributed by atoms with Crippen molar-refractivity contribution in [2.45, 2.75) is 31.3 Å². The summed E-state index contributed by atoms with van der Waals surface area (Å²) in [6.07, 6.45) is 4.42. The molecule has 0 bridgehead atoms. The van der Waals surface area contributed by atoms with Crippen LogP contribution in [0.4, 0.5) is 5.00 Å². The number of aromatic nitrogens is 3. The van der Waals surface area contributed by atoms with E-state index in [1.807, 2.05) is 34.9 Å². The summed E-state index contributed by atoms with van der Waals surface area (Å²) < 4.78 is 6.82. The van der Waals surface area contributed by atoms with Gasteiger partial charge in [-0.25, -0.2) is 4.79 Å². The molecular weight excluding hydrogens is 420 g/mol. The zero-order valence-electron chi connectivity index (χ0n) is 16.8. The van der Waals surface area contributed by atoms with E-state index in [0.29, 0.717) is 21.6 Å². The van der Waals surface area contributed by atoms with Crippen molar-refractivity contribution in [2.75, 3.05) is 18.2 Å². The molecule has 1 aromatic carbocycles. The van der Waals surface area contributed by atoms with E-state index in [2.05, 4.69) is 22.4 Å². The summed E-state index contributed by atoms with van der Waals surface area (Å²) in [7, 11) is 1.37. The molecule has 9 heteroatoms. The van der Waals surface area contributed by atoms with Crippen LogP contribution in [-0.4, -0.2) is 39.5 Å². The number of methoxy groups -OCH3 is 1. The molecule has 1 unspecified atom stereocenters. The van der Waals surface area contributed by atoms with Gasteiger partial charge in [0.2, 0.25) is 5.91 Å². The van der Waals surface area contributed by atoms with Gasteiger partial charge >= 0.3 is 5.97 Å². The van der Waals surface area contributed by atoms with Crippen LogP contribution in [-0.2, 0) is 22.4 Å². The fourth-order valence-corrected chi connectivity index (χ4v) is 5.68. The van der Waals surface area contributed by atoms with Crippen LogP contribution in [0.3, 0.4) is 0 Å². The van der Waals surface area contributed by atoms with Crippen LogP contribution < -0.4 is 5.32 Å². The number of nitrogens with zero attached hydrogens (tertiary/aromatic N) is 3. The second-order valence-corrected chi connectivity index (χ2v) is 9.25. The smallest absolute Gasteiger partial charge is 0.341 e. The molecule has 2 heterocycles. The molecule has 0 fully saturated rings. The Labute approximate surface area is 182 Å². The van der Waals surface area contributed by atoms with Gasteiger partial charge in [-0.05, 0) is 42.9 Å². The number of ether oxygens (including phenoxy) is 1. The quantitative estimate of drug-likeness (QED) is 0.459. The number of carbonyl (C=O) groups excluding carboxylic acids is 2. The number of esters is 1. The molecule has 156 valence electrons. The first-order chi connectivity index (χ1) is 14.6. The molecule has 0 saturated heterocycles. The third-order valence-electron chi connectivity index (χ3n) is 5.04. The van der Waals surface area contributed by atoms with Crippen LogP contribution in [0.1, 0.15) is 34.1 Å². The maximum absolute atomic E-state index is 12.7. The van der Waals surface area contributed by atoms with Gasteiger partial charge in [0.25, 0.3) is 0 Å². The third kappa shape index (κ3) is 4.27. The van der Waals surface area contributed by atoms with Crippen LogP contribution in [0.5, 0.6) is 0 Å². The minimum absolute atomic E-state index is 0.158. The average molecular weight is 443 g/mol. The fraction of sp³-hybridized carbons (Fsp3) is 0.333. The number of carbonyl (C=O) groups is 2. The molecule has 1 atom stereocenters. The number of hydrogen-bond donors (Lipinski definition) is 1. The van der Waals surface area contributed by atoms with Crippen LogP contribution >= 0.6 is 23.1 Å². The number of thiophene rings is 1. The predicted octanol–water partition coefficient (Wildman–Crippen LogP) is 3.97. The van der Waals surface area contributed by atoms with E-state index in [1.54, 1.807) is 6.33 Å². The molecular formula is C21H22N4O3S2. The number of anilines is 1. The maximum Gasteiger partial charge on any atom is 0.341 e.